The molecule has 1 N–H and O–H groups in total. The molecule has 0 aromatic heterocycles. The Kier molecular flexibility index (Phi) is 4.92. The molecule has 21 heavy (non-hydrogen) atoms. The second-order valence-corrected chi connectivity index (χ2v) is 6.54. The van der Waals surface area contributed by atoms with Crippen LogP contribution in [0.1, 0.15) is 31.9 Å². The van der Waals surface area contributed by atoms with Crippen LogP contribution in [0.4, 0.5) is 0 Å². The second kappa shape index (κ2) is 6.50. The molecule has 0 saturated heterocycles. The Balaban J connectivity index is 2.26. The summed E-state index contributed by atoms with van der Waals surface area (Å²) in [6.45, 7) is 7.31. The smallest absolute Gasteiger partial charge is 0.150 e. The van der Waals surface area contributed by atoms with Crippen molar-refractivity contribution in [3.63, 3.8) is 0 Å². The third-order valence-corrected chi connectivity index (χ3v) is 3.65. The highest BCUT2D eigenvalue weighted by molar-refractivity contribution is 6.32. The lowest BCUT2D eigenvalue weighted by molar-refractivity contribution is 0.473. The quantitative estimate of drug-likeness (QED) is 0.843. The summed E-state index contributed by atoms with van der Waals surface area (Å²) >= 11 is 6.27. The van der Waals surface area contributed by atoms with Crippen molar-refractivity contribution in [1.82, 2.24) is 5.32 Å². The maximum absolute atomic E-state index is 6.27. The molecule has 0 bridgehead atoms. The number of hydrogen-bond acceptors (Lipinski definition) is 2. The van der Waals surface area contributed by atoms with Gasteiger partial charge in [-0.2, -0.15) is 0 Å². The van der Waals surface area contributed by atoms with Gasteiger partial charge >= 0.3 is 0 Å². The van der Waals surface area contributed by atoms with E-state index < -0.39 is 0 Å². The molecule has 2 aromatic rings. The normalized spacial score (nSPS) is 11.5. The molecule has 2 nitrogen and oxygen atoms in total. The van der Waals surface area contributed by atoms with E-state index in [2.05, 4.69) is 38.2 Å². The third-order valence-electron chi connectivity index (χ3n) is 3.36. The van der Waals surface area contributed by atoms with E-state index >= 15 is 0 Å². The minimum absolute atomic E-state index is 0.139. The average Bonchev–Trinajstić information content (AvgIpc) is 2.42. The largest absolute Gasteiger partial charge is 0.455 e. The van der Waals surface area contributed by atoms with Gasteiger partial charge in [0.2, 0.25) is 0 Å². The van der Waals surface area contributed by atoms with Crippen molar-refractivity contribution >= 4 is 11.6 Å². The zero-order chi connectivity index (χ0) is 15.5. The van der Waals surface area contributed by atoms with Crippen molar-refractivity contribution < 1.29 is 4.74 Å². The van der Waals surface area contributed by atoms with Crippen LogP contribution >= 0.6 is 11.6 Å². The summed E-state index contributed by atoms with van der Waals surface area (Å²) in [6.07, 6.45) is 0. The lowest BCUT2D eigenvalue weighted by atomic mass is 9.87. The number of hydrogen-bond donors (Lipinski definition) is 1. The molecule has 0 amide bonds. The van der Waals surface area contributed by atoms with Crippen LogP contribution < -0.4 is 10.1 Å². The van der Waals surface area contributed by atoms with Gasteiger partial charge in [0, 0.05) is 12.1 Å². The van der Waals surface area contributed by atoms with Gasteiger partial charge in [-0.3, -0.25) is 0 Å². The first-order chi connectivity index (χ1) is 9.91. The summed E-state index contributed by atoms with van der Waals surface area (Å²) in [4.78, 5) is 0. The SMILES string of the molecule is CNCc1cccc(Cl)c1Oc1ccc(C(C)(C)C)cc1. The number of rotatable bonds is 4. The molecular weight excluding hydrogens is 282 g/mol. The van der Waals surface area contributed by atoms with E-state index in [-0.39, 0.29) is 5.41 Å². The van der Waals surface area contributed by atoms with Gasteiger partial charge in [-0.25, -0.2) is 0 Å². The molecular formula is C18H22ClNO. The van der Waals surface area contributed by atoms with Gasteiger partial charge in [0.15, 0.2) is 0 Å². The average molecular weight is 304 g/mol. The maximum Gasteiger partial charge on any atom is 0.150 e. The molecule has 0 aliphatic carbocycles. The van der Waals surface area contributed by atoms with Gasteiger partial charge < -0.3 is 10.1 Å². The molecule has 0 radical (unpaired) electrons. The van der Waals surface area contributed by atoms with E-state index in [1.807, 2.05) is 37.4 Å². The highest BCUT2D eigenvalue weighted by atomic mass is 35.5. The Morgan fingerprint density at radius 1 is 1.05 bits per heavy atom. The molecule has 0 spiro atoms. The van der Waals surface area contributed by atoms with Crippen molar-refractivity contribution in [2.75, 3.05) is 7.05 Å². The maximum atomic E-state index is 6.27. The van der Waals surface area contributed by atoms with Crippen LogP contribution in [-0.2, 0) is 12.0 Å². The number of para-hydroxylation sites is 1. The molecule has 3 heteroatoms. The monoisotopic (exact) mass is 303 g/mol. The highest BCUT2D eigenvalue weighted by Gasteiger charge is 2.14. The van der Waals surface area contributed by atoms with Crippen molar-refractivity contribution in [2.24, 2.45) is 0 Å². The van der Waals surface area contributed by atoms with Gasteiger partial charge in [-0.15, -0.1) is 0 Å². The number of halogens is 1. The van der Waals surface area contributed by atoms with Crippen LogP contribution in [0.5, 0.6) is 11.5 Å². The first-order valence-electron chi connectivity index (χ1n) is 7.12. The fourth-order valence-corrected chi connectivity index (χ4v) is 2.37. The van der Waals surface area contributed by atoms with Crippen molar-refractivity contribution in [3.8, 4) is 11.5 Å². The standard InChI is InChI=1S/C18H22ClNO/c1-18(2,3)14-8-10-15(11-9-14)21-17-13(12-20-4)6-5-7-16(17)19/h5-11,20H,12H2,1-4H3. The van der Waals surface area contributed by atoms with Crippen LogP contribution in [0.15, 0.2) is 42.5 Å². The van der Waals surface area contributed by atoms with E-state index in [0.29, 0.717) is 5.02 Å². The fourth-order valence-electron chi connectivity index (χ4n) is 2.14. The minimum Gasteiger partial charge on any atom is -0.455 e. The first-order valence-corrected chi connectivity index (χ1v) is 7.50. The van der Waals surface area contributed by atoms with E-state index in [1.165, 1.54) is 5.56 Å². The van der Waals surface area contributed by atoms with Gasteiger partial charge in [-0.1, -0.05) is 56.6 Å². The topological polar surface area (TPSA) is 21.3 Å². The summed E-state index contributed by atoms with van der Waals surface area (Å²) in [6, 6.07) is 14.0. The predicted octanol–water partition coefficient (Wildman–Crippen LogP) is 5.15. The van der Waals surface area contributed by atoms with E-state index in [4.69, 9.17) is 16.3 Å². The summed E-state index contributed by atoms with van der Waals surface area (Å²) in [5.41, 5.74) is 2.47. The van der Waals surface area contributed by atoms with E-state index in [9.17, 15) is 0 Å². The van der Waals surface area contributed by atoms with Crippen molar-refractivity contribution in [1.29, 1.82) is 0 Å². The molecule has 0 saturated carbocycles. The summed E-state index contributed by atoms with van der Waals surface area (Å²) < 4.78 is 5.99. The number of benzene rings is 2. The fraction of sp³-hybridized carbons (Fsp3) is 0.333. The lowest BCUT2D eigenvalue weighted by Crippen LogP contribution is -2.10. The highest BCUT2D eigenvalue weighted by Crippen LogP contribution is 2.34. The van der Waals surface area contributed by atoms with Crippen LogP contribution in [-0.4, -0.2) is 7.05 Å². The lowest BCUT2D eigenvalue weighted by Gasteiger charge is -2.19. The Morgan fingerprint density at radius 2 is 1.71 bits per heavy atom. The van der Waals surface area contributed by atoms with Crippen LogP contribution in [0.2, 0.25) is 5.02 Å². The van der Waals surface area contributed by atoms with Crippen LogP contribution in [0, 0.1) is 0 Å². The summed E-state index contributed by atoms with van der Waals surface area (Å²) in [5.74, 6) is 1.52. The van der Waals surface area contributed by atoms with Gasteiger partial charge in [0.05, 0.1) is 5.02 Å². The Morgan fingerprint density at radius 3 is 2.29 bits per heavy atom. The molecule has 0 fully saturated rings. The van der Waals surface area contributed by atoms with Crippen molar-refractivity contribution in [3.05, 3.63) is 58.6 Å². The Labute approximate surface area is 132 Å². The second-order valence-electron chi connectivity index (χ2n) is 6.13. The van der Waals surface area contributed by atoms with Gasteiger partial charge in [-0.05, 0) is 36.2 Å². The molecule has 0 unspecified atom stereocenters. The molecule has 2 aromatic carbocycles. The zero-order valence-corrected chi connectivity index (χ0v) is 13.8. The Hall–Kier alpha value is -1.51. The summed E-state index contributed by atoms with van der Waals surface area (Å²) in [7, 11) is 1.91. The van der Waals surface area contributed by atoms with Gasteiger partial charge in [0.25, 0.3) is 0 Å². The number of nitrogens with one attached hydrogen (secondary N) is 1. The molecule has 0 aliphatic rings. The van der Waals surface area contributed by atoms with Crippen LogP contribution in [0.25, 0.3) is 0 Å². The molecule has 2 rings (SSSR count). The zero-order valence-electron chi connectivity index (χ0n) is 13.0. The number of ether oxygens (including phenoxy) is 1. The van der Waals surface area contributed by atoms with Gasteiger partial charge in [0.1, 0.15) is 11.5 Å². The van der Waals surface area contributed by atoms with E-state index in [1.54, 1.807) is 0 Å². The third kappa shape index (κ3) is 3.99. The first kappa shape index (κ1) is 15.9. The molecule has 112 valence electrons. The van der Waals surface area contributed by atoms with E-state index in [0.717, 1.165) is 23.6 Å². The minimum atomic E-state index is 0.139. The van der Waals surface area contributed by atoms with Crippen molar-refractivity contribution in [2.45, 2.75) is 32.7 Å². The molecule has 0 heterocycles. The predicted molar refractivity (Wildman–Crippen MR) is 89.4 cm³/mol. The Bertz CT molecular complexity index is 600. The molecule has 0 aliphatic heterocycles. The summed E-state index contributed by atoms with van der Waals surface area (Å²) in [5, 5.41) is 3.76. The van der Waals surface area contributed by atoms with Crippen LogP contribution in [0.3, 0.4) is 0 Å². The molecule has 0 atom stereocenters.